The quantitative estimate of drug-likeness (QED) is 0.706. The molecule has 0 aliphatic rings. The predicted molar refractivity (Wildman–Crippen MR) is 92.6 cm³/mol. The molecule has 0 atom stereocenters. The van der Waals surface area contributed by atoms with E-state index in [4.69, 9.17) is 0 Å². The van der Waals surface area contributed by atoms with Crippen molar-refractivity contribution in [2.24, 2.45) is 5.92 Å². The maximum atomic E-state index is 11.8. The van der Waals surface area contributed by atoms with Gasteiger partial charge in [-0.1, -0.05) is 26.0 Å². The van der Waals surface area contributed by atoms with Gasteiger partial charge in [-0.2, -0.15) is 0 Å². The normalized spacial score (nSPS) is 12.3. The average Bonchev–Trinajstić information content (AvgIpc) is 2.38. The summed E-state index contributed by atoms with van der Waals surface area (Å²) in [6.07, 6.45) is 0. The summed E-state index contributed by atoms with van der Waals surface area (Å²) in [5.74, 6) is 1.50. The van der Waals surface area contributed by atoms with E-state index < -0.39 is 9.84 Å². The first-order valence-electron chi connectivity index (χ1n) is 7.45. The lowest BCUT2D eigenvalue weighted by atomic mass is 10.2. The molecule has 1 N–H and O–H groups in total. The number of nitrogens with one attached hydrogen (secondary N) is 1. The van der Waals surface area contributed by atoms with Crippen molar-refractivity contribution in [3.63, 3.8) is 0 Å². The Balaban J connectivity index is 2.46. The Bertz CT molecular complexity index is 525. The van der Waals surface area contributed by atoms with Crippen molar-refractivity contribution >= 4 is 21.6 Å². The van der Waals surface area contributed by atoms with Crippen LogP contribution in [-0.2, 0) is 16.4 Å². The minimum atomic E-state index is -2.94. The lowest BCUT2D eigenvalue weighted by Crippen LogP contribution is -2.19. The molecule has 0 unspecified atom stereocenters. The molecule has 0 aliphatic heterocycles. The topological polar surface area (TPSA) is 46.2 Å². The minimum Gasteiger partial charge on any atom is -0.312 e. The van der Waals surface area contributed by atoms with E-state index in [1.165, 1.54) is 5.56 Å². The summed E-state index contributed by atoms with van der Waals surface area (Å²) in [7, 11) is -2.94. The van der Waals surface area contributed by atoms with Crippen LogP contribution in [0.2, 0.25) is 0 Å². The standard InChI is InChI=1S/C16H27NO2S2/c1-13(2)11-17-12-15-6-5-7-16(10-15)20-8-9-21(18,19)14(3)4/h5-7,10,13-14,17H,8-9,11-12H2,1-4H3. The molecule has 0 bridgehead atoms. The van der Waals surface area contributed by atoms with Gasteiger partial charge in [-0.25, -0.2) is 8.42 Å². The van der Waals surface area contributed by atoms with Gasteiger partial charge in [0.25, 0.3) is 0 Å². The number of hydrogen-bond acceptors (Lipinski definition) is 4. The maximum Gasteiger partial charge on any atom is 0.153 e. The summed E-state index contributed by atoms with van der Waals surface area (Å²) < 4.78 is 23.5. The van der Waals surface area contributed by atoms with E-state index in [0.29, 0.717) is 11.7 Å². The first-order chi connectivity index (χ1) is 9.81. The van der Waals surface area contributed by atoms with Crippen LogP contribution >= 0.6 is 11.8 Å². The van der Waals surface area contributed by atoms with Crippen LogP contribution in [0.15, 0.2) is 29.2 Å². The zero-order valence-electron chi connectivity index (χ0n) is 13.4. The summed E-state index contributed by atoms with van der Waals surface area (Å²) in [6, 6.07) is 8.31. The summed E-state index contributed by atoms with van der Waals surface area (Å²) in [6.45, 7) is 9.71. The Morgan fingerprint density at radius 2 is 1.90 bits per heavy atom. The van der Waals surface area contributed by atoms with E-state index in [-0.39, 0.29) is 11.0 Å². The van der Waals surface area contributed by atoms with Crippen LogP contribution in [0.25, 0.3) is 0 Å². The van der Waals surface area contributed by atoms with Gasteiger partial charge in [0.05, 0.1) is 11.0 Å². The highest BCUT2D eigenvalue weighted by Gasteiger charge is 2.15. The van der Waals surface area contributed by atoms with Gasteiger partial charge in [0, 0.05) is 17.2 Å². The number of rotatable bonds is 9. The summed E-state index contributed by atoms with van der Waals surface area (Å²) in [5, 5.41) is 3.13. The lowest BCUT2D eigenvalue weighted by Gasteiger charge is -2.09. The fourth-order valence-corrected chi connectivity index (χ4v) is 4.14. The highest BCUT2D eigenvalue weighted by molar-refractivity contribution is 8.00. The molecule has 5 heteroatoms. The molecule has 0 aliphatic carbocycles. The molecular weight excluding hydrogens is 302 g/mol. The second-order valence-corrected chi connectivity index (χ2v) is 9.78. The van der Waals surface area contributed by atoms with Crippen molar-refractivity contribution in [2.75, 3.05) is 18.1 Å². The van der Waals surface area contributed by atoms with E-state index in [1.807, 2.05) is 12.1 Å². The predicted octanol–water partition coefficient (Wildman–Crippen LogP) is 3.35. The van der Waals surface area contributed by atoms with Crippen molar-refractivity contribution in [3.8, 4) is 0 Å². The molecule has 0 saturated heterocycles. The monoisotopic (exact) mass is 329 g/mol. The van der Waals surface area contributed by atoms with Crippen LogP contribution < -0.4 is 5.32 Å². The first-order valence-corrected chi connectivity index (χ1v) is 10.2. The fraction of sp³-hybridized carbons (Fsp3) is 0.625. The van der Waals surface area contributed by atoms with E-state index in [9.17, 15) is 8.42 Å². The highest BCUT2D eigenvalue weighted by atomic mass is 32.2. The lowest BCUT2D eigenvalue weighted by molar-refractivity contribution is 0.552. The Hall–Kier alpha value is -0.520. The van der Waals surface area contributed by atoms with Crippen LogP contribution in [0.1, 0.15) is 33.3 Å². The van der Waals surface area contributed by atoms with Crippen molar-refractivity contribution in [1.29, 1.82) is 0 Å². The zero-order chi connectivity index (χ0) is 15.9. The van der Waals surface area contributed by atoms with E-state index in [2.05, 4.69) is 31.3 Å². The number of benzene rings is 1. The Labute approximate surface area is 133 Å². The Morgan fingerprint density at radius 3 is 2.52 bits per heavy atom. The van der Waals surface area contributed by atoms with Crippen molar-refractivity contribution in [2.45, 2.75) is 44.4 Å². The van der Waals surface area contributed by atoms with Crippen LogP contribution in [0.5, 0.6) is 0 Å². The molecule has 1 aromatic carbocycles. The largest absolute Gasteiger partial charge is 0.312 e. The molecular formula is C16H27NO2S2. The molecule has 1 rings (SSSR count). The Kier molecular flexibility index (Phi) is 7.77. The van der Waals surface area contributed by atoms with Gasteiger partial charge in [-0.05, 0) is 44.0 Å². The number of thioether (sulfide) groups is 1. The van der Waals surface area contributed by atoms with Crippen molar-refractivity contribution in [1.82, 2.24) is 5.32 Å². The van der Waals surface area contributed by atoms with Gasteiger partial charge in [0.15, 0.2) is 9.84 Å². The van der Waals surface area contributed by atoms with Gasteiger partial charge < -0.3 is 5.32 Å². The van der Waals surface area contributed by atoms with Crippen molar-refractivity contribution < 1.29 is 8.42 Å². The molecule has 0 spiro atoms. The van der Waals surface area contributed by atoms with Gasteiger partial charge in [0.1, 0.15) is 0 Å². The first kappa shape index (κ1) is 18.5. The third kappa shape index (κ3) is 7.34. The maximum absolute atomic E-state index is 11.8. The molecule has 120 valence electrons. The third-order valence-electron chi connectivity index (χ3n) is 3.13. The smallest absolute Gasteiger partial charge is 0.153 e. The van der Waals surface area contributed by atoms with Crippen LogP contribution in [0.3, 0.4) is 0 Å². The average molecular weight is 330 g/mol. The molecule has 1 aromatic rings. The molecule has 21 heavy (non-hydrogen) atoms. The van der Waals surface area contributed by atoms with Gasteiger partial charge in [-0.15, -0.1) is 11.8 Å². The minimum absolute atomic E-state index is 0.241. The van der Waals surface area contributed by atoms with E-state index in [1.54, 1.807) is 25.6 Å². The molecule has 0 amide bonds. The molecule has 0 fully saturated rings. The molecule has 3 nitrogen and oxygen atoms in total. The van der Waals surface area contributed by atoms with Crippen molar-refractivity contribution in [3.05, 3.63) is 29.8 Å². The summed E-state index contributed by atoms with van der Waals surface area (Å²) in [4.78, 5) is 1.14. The van der Waals surface area contributed by atoms with E-state index in [0.717, 1.165) is 18.0 Å². The fourth-order valence-electron chi connectivity index (χ4n) is 1.76. The van der Waals surface area contributed by atoms with Gasteiger partial charge >= 0.3 is 0 Å². The molecule has 0 aromatic heterocycles. The zero-order valence-corrected chi connectivity index (χ0v) is 15.1. The summed E-state index contributed by atoms with van der Waals surface area (Å²) >= 11 is 1.61. The molecule has 0 radical (unpaired) electrons. The number of sulfone groups is 1. The highest BCUT2D eigenvalue weighted by Crippen LogP contribution is 2.20. The van der Waals surface area contributed by atoms with Gasteiger partial charge in [-0.3, -0.25) is 0 Å². The number of hydrogen-bond donors (Lipinski definition) is 1. The molecule has 0 heterocycles. The van der Waals surface area contributed by atoms with Crippen LogP contribution in [0.4, 0.5) is 0 Å². The van der Waals surface area contributed by atoms with Crippen LogP contribution in [0, 0.1) is 5.92 Å². The second kappa shape index (κ2) is 8.81. The second-order valence-electron chi connectivity index (χ2n) is 5.94. The molecule has 0 saturated carbocycles. The SMILES string of the molecule is CC(C)CNCc1cccc(SCCS(=O)(=O)C(C)C)c1. The Morgan fingerprint density at radius 1 is 1.19 bits per heavy atom. The van der Waals surface area contributed by atoms with Crippen LogP contribution in [-0.4, -0.2) is 31.7 Å². The van der Waals surface area contributed by atoms with Gasteiger partial charge in [0.2, 0.25) is 0 Å². The third-order valence-corrected chi connectivity index (χ3v) is 6.60. The van der Waals surface area contributed by atoms with E-state index >= 15 is 0 Å². The summed E-state index contributed by atoms with van der Waals surface area (Å²) in [5.41, 5.74) is 1.24.